The van der Waals surface area contributed by atoms with Crippen molar-refractivity contribution >= 4 is 0 Å². The van der Waals surface area contributed by atoms with E-state index in [9.17, 15) is 0 Å². The molecule has 1 atom stereocenters. The number of benzene rings is 1. The third kappa shape index (κ3) is 3.79. The summed E-state index contributed by atoms with van der Waals surface area (Å²) in [6, 6.07) is 6.97. The SMILES string of the molecule is CCCNC(c1cc(C)ccc1OC)C1(C)CCCCC1. The molecule has 1 saturated carbocycles. The van der Waals surface area contributed by atoms with Crippen LogP contribution in [0.3, 0.4) is 0 Å². The van der Waals surface area contributed by atoms with Crippen LogP contribution in [0.1, 0.15) is 69.5 Å². The lowest BCUT2D eigenvalue weighted by Crippen LogP contribution is -2.38. The van der Waals surface area contributed by atoms with Crippen molar-refractivity contribution in [1.82, 2.24) is 5.32 Å². The van der Waals surface area contributed by atoms with Crippen molar-refractivity contribution in [2.45, 2.75) is 65.3 Å². The molecule has 2 nitrogen and oxygen atoms in total. The number of nitrogens with one attached hydrogen (secondary N) is 1. The number of ether oxygens (including phenoxy) is 1. The largest absolute Gasteiger partial charge is 0.496 e. The summed E-state index contributed by atoms with van der Waals surface area (Å²) in [5.74, 6) is 1.03. The molecular formula is C19H31NO. The summed E-state index contributed by atoms with van der Waals surface area (Å²) in [6.07, 6.45) is 7.89. The standard InChI is InChI=1S/C19H31NO/c1-5-13-20-18(19(3)11-7-6-8-12-19)16-14-15(2)9-10-17(16)21-4/h9-10,14,18,20H,5-8,11-13H2,1-4H3. The van der Waals surface area contributed by atoms with Crippen LogP contribution < -0.4 is 10.1 Å². The first-order valence-electron chi connectivity index (χ1n) is 8.48. The van der Waals surface area contributed by atoms with Gasteiger partial charge in [0.2, 0.25) is 0 Å². The van der Waals surface area contributed by atoms with Gasteiger partial charge in [-0.1, -0.05) is 50.8 Å². The lowest BCUT2D eigenvalue weighted by Gasteiger charge is -2.42. The highest BCUT2D eigenvalue weighted by atomic mass is 16.5. The van der Waals surface area contributed by atoms with Gasteiger partial charge in [0.25, 0.3) is 0 Å². The van der Waals surface area contributed by atoms with Crippen LogP contribution in [-0.4, -0.2) is 13.7 Å². The molecule has 0 radical (unpaired) electrons. The molecule has 1 fully saturated rings. The summed E-state index contributed by atoms with van der Waals surface area (Å²) in [4.78, 5) is 0. The second-order valence-corrected chi connectivity index (χ2v) is 6.85. The van der Waals surface area contributed by atoms with Gasteiger partial charge in [0, 0.05) is 11.6 Å². The Morgan fingerprint density at radius 1 is 1.24 bits per heavy atom. The second-order valence-electron chi connectivity index (χ2n) is 6.85. The van der Waals surface area contributed by atoms with E-state index >= 15 is 0 Å². The highest BCUT2D eigenvalue weighted by molar-refractivity contribution is 5.40. The first-order chi connectivity index (χ1) is 10.1. The van der Waals surface area contributed by atoms with E-state index in [0.717, 1.165) is 12.3 Å². The summed E-state index contributed by atoms with van der Waals surface area (Å²) in [7, 11) is 1.79. The minimum absolute atomic E-state index is 0.342. The van der Waals surface area contributed by atoms with Crippen LogP contribution in [0, 0.1) is 12.3 Å². The molecule has 0 aromatic heterocycles. The van der Waals surface area contributed by atoms with Gasteiger partial charge in [0.1, 0.15) is 5.75 Å². The topological polar surface area (TPSA) is 21.3 Å². The van der Waals surface area contributed by atoms with Crippen molar-refractivity contribution in [3.63, 3.8) is 0 Å². The fourth-order valence-electron chi connectivity index (χ4n) is 3.75. The molecule has 1 aliphatic rings. The van der Waals surface area contributed by atoms with Gasteiger partial charge in [-0.15, -0.1) is 0 Å². The Labute approximate surface area is 130 Å². The Hall–Kier alpha value is -1.02. The monoisotopic (exact) mass is 289 g/mol. The lowest BCUT2D eigenvalue weighted by molar-refractivity contribution is 0.142. The smallest absolute Gasteiger partial charge is 0.123 e. The van der Waals surface area contributed by atoms with Crippen LogP contribution in [0.4, 0.5) is 0 Å². The second kappa shape index (κ2) is 7.31. The summed E-state index contributed by atoms with van der Waals surface area (Å²) in [6.45, 7) is 7.93. The predicted octanol–water partition coefficient (Wildman–Crippen LogP) is 5.01. The molecule has 2 heteroatoms. The third-order valence-electron chi connectivity index (χ3n) is 4.99. The molecule has 0 heterocycles. The molecule has 0 spiro atoms. The van der Waals surface area contributed by atoms with E-state index in [1.807, 2.05) is 0 Å². The highest BCUT2D eigenvalue weighted by Crippen LogP contribution is 2.47. The molecule has 0 aliphatic heterocycles. The molecule has 21 heavy (non-hydrogen) atoms. The van der Waals surface area contributed by atoms with Crippen molar-refractivity contribution in [3.05, 3.63) is 29.3 Å². The van der Waals surface area contributed by atoms with E-state index in [4.69, 9.17) is 4.74 Å². The van der Waals surface area contributed by atoms with Gasteiger partial charge in [-0.05, 0) is 44.2 Å². The van der Waals surface area contributed by atoms with Gasteiger partial charge >= 0.3 is 0 Å². The van der Waals surface area contributed by atoms with Crippen molar-refractivity contribution in [3.8, 4) is 5.75 Å². The number of hydrogen-bond donors (Lipinski definition) is 1. The minimum Gasteiger partial charge on any atom is -0.496 e. The van der Waals surface area contributed by atoms with Crippen LogP contribution in [0.5, 0.6) is 5.75 Å². The molecule has 1 aromatic carbocycles. The molecule has 0 bridgehead atoms. The van der Waals surface area contributed by atoms with E-state index in [2.05, 4.69) is 44.3 Å². The Kier molecular flexibility index (Phi) is 5.69. The maximum atomic E-state index is 5.66. The molecule has 118 valence electrons. The Balaban J connectivity index is 2.37. The zero-order valence-corrected chi connectivity index (χ0v) is 14.2. The van der Waals surface area contributed by atoms with Gasteiger partial charge in [-0.3, -0.25) is 0 Å². The Morgan fingerprint density at radius 2 is 1.95 bits per heavy atom. The summed E-state index contributed by atoms with van der Waals surface area (Å²) < 4.78 is 5.66. The number of hydrogen-bond acceptors (Lipinski definition) is 2. The van der Waals surface area contributed by atoms with Gasteiger partial charge in [0.15, 0.2) is 0 Å². The Morgan fingerprint density at radius 3 is 2.57 bits per heavy atom. The molecular weight excluding hydrogens is 258 g/mol. The van der Waals surface area contributed by atoms with Crippen molar-refractivity contribution < 1.29 is 4.74 Å². The molecule has 1 N–H and O–H groups in total. The molecule has 1 unspecified atom stereocenters. The highest BCUT2D eigenvalue weighted by Gasteiger charge is 2.37. The fraction of sp³-hybridized carbons (Fsp3) is 0.684. The van der Waals surface area contributed by atoms with E-state index in [-0.39, 0.29) is 0 Å². The maximum absolute atomic E-state index is 5.66. The number of methoxy groups -OCH3 is 1. The molecule has 1 aromatic rings. The van der Waals surface area contributed by atoms with E-state index in [0.29, 0.717) is 11.5 Å². The number of rotatable bonds is 6. The van der Waals surface area contributed by atoms with Crippen LogP contribution in [0.2, 0.25) is 0 Å². The molecule has 2 rings (SSSR count). The summed E-state index contributed by atoms with van der Waals surface area (Å²) in [5.41, 5.74) is 3.00. The summed E-state index contributed by atoms with van der Waals surface area (Å²) in [5, 5.41) is 3.82. The van der Waals surface area contributed by atoms with Gasteiger partial charge in [0.05, 0.1) is 7.11 Å². The van der Waals surface area contributed by atoms with E-state index < -0.39 is 0 Å². The van der Waals surface area contributed by atoms with Crippen LogP contribution in [0.15, 0.2) is 18.2 Å². The molecule has 1 aliphatic carbocycles. The maximum Gasteiger partial charge on any atom is 0.123 e. The van der Waals surface area contributed by atoms with Crippen molar-refractivity contribution in [2.24, 2.45) is 5.41 Å². The Bertz CT molecular complexity index is 449. The van der Waals surface area contributed by atoms with Crippen LogP contribution in [-0.2, 0) is 0 Å². The normalized spacial score (nSPS) is 19.2. The molecule has 0 saturated heterocycles. The zero-order valence-electron chi connectivity index (χ0n) is 14.2. The molecule has 0 amide bonds. The fourth-order valence-corrected chi connectivity index (χ4v) is 3.75. The van der Waals surface area contributed by atoms with E-state index in [1.165, 1.54) is 49.7 Å². The minimum atomic E-state index is 0.342. The average molecular weight is 289 g/mol. The first kappa shape index (κ1) is 16.4. The van der Waals surface area contributed by atoms with Crippen LogP contribution in [0.25, 0.3) is 0 Å². The van der Waals surface area contributed by atoms with Crippen molar-refractivity contribution in [2.75, 3.05) is 13.7 Å². The van der Waals surface area contributed by atoms with E-state index in [1.54, 1.807) is 7.11 Å². The van der Waals surface area contributed by atoms with Gasteiger partial charge in [-0.2, -0.15) is 0 Å². The first-order valence-corrected chi connectivity index (χ1v) is 8.48. The third-order valence-corrected chi connectivity index (χ3v) is 4.99. The van der Waals surface area contributed by atoms with Gasteiger partial charge < -0.3 is 10.1 Å². The quantitative estimate of drug-likeness (QED) is 0.794. The zero-order chi connectivity index (χ0) is 15.3. The average Bonchev–Trinajstić information content (AvgIpc) is 2.48. The lowest BCUT2D eigenvalue weighted by atomic mass is 9.68. The van der Waals surface area contributed by atoms with Crippen molar-refractivity contribution in [1.29, 1.82) is 0 Å². The van der Waals surface area contributed by atoms with Crippen LogP contribution >= 0.6 is 0 Å². The number of aryl methyl sites for hydroxylation is 1. The predicted molar refractivity (Wildman–Crippen MR) is 90.0 cm³/mol. The summed E-state index contributed by atoms with van der Waals surface area (Å²) >= 11 is 0. The van der Waals surface area contributed by atoms with Gasteiger partial charge in [-0.25, -0.2) is 0 Å².